The summed E-state index contributed by atoms with van der Waals surface area (Å²) in [5, 5.41) is 11.1. The van der Waals surface area contributed by atoms with E-state index in [0.717, 1.165) is 25.7 Å². The van der Waals surface area contributed by atoms with Crippen LogP contribution in [0.3, 0.4) is 0 Å². The summed E-state index contributed by atoms with van der Waals surface area (Å²) in [6.45, 7) is 8.79. The number of hydrogen-bond acceptors (Lipinski definition) is 10. The molecule has 0 spiro atoms. The van der Waals surface area contributed by atoms with Crippen molar-refractivity contribution in [1.82, 2.24) is 21.3 Å². The lowest BCUT2D eigenvalue weighted by atomic mass is 10.0. The number of carbonyl (C=O) groups excluding carboxylic acids is 4. The molecule has 14 heteroatoms. The van der Waals surface area contributed by atoms with Crippen LogP contribution in [-0.2, 0) is 47.6 Å². The van der Waals surface area contributed by atoms with Crippen molar-refractivity contribution >= 4 is 23.6 Å². The topological polar surface area (TPSA) is 172 Å². The highest BCUT2D eigenvalue weighted by atomic mass is 16.5. The minimum absolute atomic E-state index is 0.00954. The molecule has 14 nitrogen and oxygen atoms in total. The van der Waals surface area contributed by atoms with E-state index in [1.54, 1.807) is 0 Å². The third-order valence-corrected chi connectivity index (χ3v) is 8.88. The summed E-state index contributed by atoms with van der Waals surface area (Å²) in [4.78, 5) is 47.2. The van der Waals surface area contributed by atoms with Crippen molar-refractivity contribution in [2.45, 2.75) is 142 Å². The van der Waals surface area contributed by atoms with Crippen molar-refractivity contribution in [2.24, 2.45) is 0 Å². The maximum absolute atomic E-state index is 12.0. The smallest absolute Gasteiger partial charge is 0.246 e. The first-order chi connectivity index (χ1) is 27.5. The molecule has 56 heavy (non-hydrogen) atoms. The van der Waals surface area contributed by atoms with E-state index < -0.39 is 0 Å². The number of unbranched alkanes of at least 4 members (excludes halogenated alkanes) is 17. The zero-order valence-electron chi connectivity index (χ0n) is 35.5. The Kier molecular flexibility index (Phi) is 43.4. The zero-order valence-corrected chi connectivity index (χ0v) is 35.5. The van der Waals surface area contributed by atoms with Gasteiger partial charge in [-0.15, -0.1) is 0 Å². The molecule has 4 N–H and O–H groups in total. The quantitative estimate of drug-likeness (QED) is 0.0586. The van der Waals surface area contributed by atoms with Gasteiger partial charge in [0.15, 0.2) is 0 Å². The van der Waals surface area contributed by atoms with Gasteiger partial charge in [0.2, 0.25) is 23.6 Å². The third-order valence-electron chi connectivity index (χ3n) is 8.88. The molecule has 0 bridgehead atoms. The monoisotopic (exact) mass is 803 g/mol. The molecule has 0 fully saturated rings. The van der Waals surface area contributed by atoms with E-state index in [1.165, 1.54) is 96.3 Å². The Hall–Kier alpha value is -2.36. The molecule has 0 unspecified atom stereocenters. The molecule has 4 amide bonds. The Balaban J connectivity index is 3.32. The molecule has 0 aromatic carbocycles. The second kappa shape index (κ2) is 45.3. The average Bonchev–Trinajstić information content (AvgIpc) is 3.19. The summed E-state index contributed by atoms with van der Waals surface area (Å²) in [5.74, 6) is -0.576. The van der Waals surface area contributed by atoms with Gasteiger partial charge in [0.05, 0.1) is 59.5 Å². The molecule has 0 rings (SSSR count). The van der Waals surface area contributed by atoms with E-state index in [1.807, 2.05) is 0 Å². The van der Waals surface area contributed by atoms with Gasteiger partial charge in [0.1, 0.15) is 19.8 Å². The van der Waals surface area contributed by atoms with Crippen molar-refractivity contribution in [3.05, 3.63) is 0 Å². The predicted molar refractivity (Wildman–Crippen MR) is 221 cm³/mol. The number of amides is 4. The number of ether oxygens (including phenoxy) is 6. The first kappa shape index (κ1) is 53.6. The van der Waals surface area contributed by atoms with Crippen LogP contribution in [0.5, 0.6) is 0 Å². The molecule has 0 atom stereocenters. The van der Waals surface area contributed by atoms with Crippen LogP contribution in [0.25, 0.3) is 0 Å². The molecular formula is C42H82N4O10. The summed E-state index contributed by atoms with van der Waals surface area (Å²) < 4.78 is 32.1. The van der Waals surface area contributed by atoms with Crippen LogP contribution in [-0.4, -0.2) is 129 Å². The van der Waals surface area contributed by atoms with E-state index in [-0.39, 0.29) is 63.3 Å². The van der Waals surface area contributed by atoms with Crippen LogP contribution < -0.4 is 21.3 Å². The summed E-state index contributed by atoms with van der Waals surface area (Å²) in [6, 6.07) is 0. The largest absolute Gasteiger partial charge is 0.377 e. The molecule has 0 saturated heterocycles. The van der Waals surface area contributed by atoms with Gasteiger partial charge in [-0.2, -0.15) is 0 Å². The molecule has 0 heterocycles. The minimum Gasteiger partial charge on any atom is -0.377 e. The lowest BCUT2D eigenvalue weighted by Crippen LogP contribution is -2.32. The maximum Gasteiger partial charge on any atom is 0.246 e. The van der Waals surface area contributed by atoms with E-state index >= 15 is 0 Å². The SMILES string of the molecule is CCCCCCCCCCCCCCCCCCCC(=O)NCCOCCOCC(=O)NCCOCCOCC(=O)NCCOCCOCC(=O)NCCCC. The van der Waals surface area contributed by atoms with Gasteiger partial charge < -0.3 is 49.7 Å². The third kappa shape index (κ3) is 44.4. The van der Waals surface area contributed by atoms with E-state index in [9.17, 15) is 19.2 Å². The Morgan fingerprint density at radius 3 is 0.946 bits per heavy atom. The molecule has 0 aliphatic rings. The van der Waals surface area contributed by atoms with Gasteiger partial charge in [0, 0.05) is 32.6 Å². The molecule has 0 saturated carbocycles. The highest BCUT2D eigenvalue weighted by Crippen LogP contribution is 2.14. The highest BCUT2D eigenvalue weighted by molar-refractivity contribution is 5.77. The first-order valence-electron chi connectivity index (χ1n) is 22.0. The van der Waals surface area contributed by atoms with Crippen molar-refractivity contribution in [1.29, 1.82) is 0 Å². The molecule has 0 radical (unpaired) electrons. The number of rotatable bonds is 45. The summed E-state index contributed by atoms with van der Waals surface area (Å²) in [7, 11) is 0. The summed E-state index contributed by atoms with van der Waals surface area (Å²) in [5.41, 5.74) is 0. The fourth-order valence-corrected chi connectivity index (χ4v) is 5.60. The zero-order chi connectivity index (χ0) is 40.8. The van der Waals surface area contributed by atoms with Gasteiger partial charge >= 0.3 is 0 Å². The van der Waals surface area contributed by atoms with E-state index in [0.29, 0.717) is 72.2 Å². The van der Waals surface area contributed by atoms with E-state index in [2.05, 4.69) is 35.1 Å². The van der Waals surface area contributed by atoms with Gasteiger partial charge in [-0.3, -0.25) is 19.2 Å². The van der Waals surface area contributed by atoms with Crippen LogP contribution in [0.4, 0.5) is 0 Å². The Morgan fingerprint density at radius 1 is 0.304 bits per heavy atom. The minimum atomic E-state index is -0.260. The van der Waals surface area contributed by atoms with Crippen LogP contribution >= 0.6 is 0 Å². The van der Waals surface area contributed by atoms with Crippen molar-refractivity contribution in [3.8, 4) is 0 Å². The Bertz CT molecular complexity index is 900. The first-order valence-corrected chi connectivity index (χ1v) is 22.0. The standard InChI is InChI=1S/C42H82N4O10/c1-3-5-7-8-9-10-11-12-13-14-15-16-17-18-19-20-21-22-39(47)44-24-27-51-30-34-55-37-41(49)46-26-29-53-32-35-56-38-42(50)45-25-28-52-31-33-54-36-40(48)43-23-6-4-2/h3-38H2,1-2H3,(H,43,48)(H,44,47)(H,45,50)(H,46,49). The average molecular weight is 803 g/mol. The molecular weight excluding hydrogens is 720 g/mol. The molecule has 0 aliphatic heterocycles. The van der Waals surface area contributed by atoms with Crippen molar-refractivity contribution in [3.63, 3.8) is 0 Å². The molecule has 0 aromatic rings. The second-order valence-electron chi connectivity index (χ2n) is 14.2. The van der Waals surface area contributed by atoms with Gasteiger partial charge in [-0.1, -0.05) is 123 Å². The lowest BCUT2D eigenvalue weighted by Gasteiger charge is -2.09. The fraction of sp³-hybridized carbons (Fsp3) is 0.905. The Morgan fingerprint density at radius 2 is 0.589 bits per heavy atom. The van der Waals surface area contributed by atoms with Crippen molar-refractivity contribution in [2.75, 3.05) is 105 Å². The number of hydrogen-bond donors (Lipinski definition) is 4. The second-order valence-corrected chi connectivity index (χ2v) is 14.2. The highest BCUT2D eigenvalue weighted by Gasteiger charge is 2.05. The van der Waals surface area contributed by atoms with Gasteiger partial charge in [0.25, 0.3) is 0 Å². The molecule has 0 aromatic heterocycles. The van der Waals surface area contributed by atoms with Gasteiger partial charge in [-0.25, -0.2) is 0 Å². The van der Waals surface area contributed by atoms with Crippen molar-refractivity contribution < 1.29 is 47.6 Å². The molecule has 0 aliphatic carbocycles. The fourth-order valence-electron chi connectivity index (χ4n) is 5.60. The predicted octanol–water partition coefficient (Wildman–Crippen LogP) is 5.39. The van der Waals surface area contributed by atoms with Gasteiger partial charge in [-0.05, 0) is 12.8 Å². The van der Waals surface area contributed by atoms with Crippen LogP contribution in [0.15, 0.2) is 0 Å². The number of nitrogens with one attached hydrogen (secondary N) is 4. The maximum atomic E-state index is 12.0. The normalized spacial score (nSPS) is 11.1. The number of carbonyl (C=O) groups is 4. The Labute approximate surface area is 339 Å². The molecule has 330 valence electrons. The van der Waals surface area contributed by atoms with Crippen LogP contribution in [0.2, 0.25) is 0 Å². The van der Waals surface area contributed by atoms with E-state index in [4.69, 9.17) is 28.4 Å². The van der Waals surface area contributed by atoms with Crippen LogP contribution in [0, 0.1) is 0 Å². The summed E-state index contributed by atoms with van der Waals surface area (Å²) >= 11 is 0. The van der Waals surface area contributed by atoms with Crippen LogP contribution in [0.1, 0.15) is 142 Å². The lowest BCUT2D eigenvalue weighted by molar-refractivity contribution is -0.127. The summed E-state index contributed by atoms with van der Waals surface area (Å²) in [6.07, 6.45) is 25.1.